The SMILES string of the molecule is CCOC(=O)C(F)C(O)c1cc(OC)c(OC)c(OC)c1. The van der Waals surface area contributed by atoms with Crippen LogP contribution in [0, 0.1) is 0 Å². The number of carbonyl (C=O) groups excluding carboxylic acids is 1. The minimum absolute atomic E-state index is 0.0290. The molecule has 6 nitrogen and oxygen atoms in total. The van der Waals surface area contributed by atoms with Crippen molar-refractivity contribution in [2.45, 2.75) is 19.2 Å². The number of rotatable bonds is 7. The normalized spacial score (nSPS) is 13.2. The molecule has 0 fully saturated rings. The first kappa shape index (κ1) is 17.0. The largest absolute Gasteiger partial charge is 0.493 e. The molecule has 1 N–H and O–H groups in total. The molecule has 1 rings (SSSR count). The van der Waals surface area contributed by atoms with Crippen molar-refractivity contribution in [3.05, 3.63) is 17.7 Å². The molecule has 7 heteroatoms. The Morgan fingerprint density at radius 1 is 1.19 bits per heavy atom. The summed E-state index contributed by atoms with van der Waals surface area (Å²) in [7, 11) is 4.21. The van der Waals surface area contributed by atoms with Crippen LogP contribution in [0.2, 0.25) is 0 Å². The van der Waals surface area contributed by atoms with Crippen LogP contribution in [0.1, 0.15) is 18.6 Å². The van der Waals surface area contributed by atoms with Gasteiger partial charge in [-0.05, 0) is 24.6 Å². The molecule has 0 aliphatic rings. The monoisotopic (exact) mass is 302 g/mol. The zero-order valence-corrected chi connectivity index (χ0v) is 12.4. The average molecular weight is 302 g/mol. The zero-order chi connectivity index (χ0) is 16.0. The van der Waals surface area contributed by atoms with E-state index in [1.165, 1.54) is 33.5 Å². The van der Waals surface area contributed by atoms with Gasteiger partial charge in [-0.2, -0.15) is 0 Å². The van der Waals surface area contributed by atoms with E-state index in [-0.39, 0.29) is 23.7 Å². The molecule has 21 heavy (non-hydrogen) atoms. The molecule has 0 aliphatic heterocycles. The van der Waals surface area contributed by atoms with Gasteiger partial charge in [-0.25, -0.2) is 9.18 Å². The summed E-state index contributed by atoms with van der Waals surface area (Å²) in [6.45, 7) is 1.58. The second kappa shape index (κ2) is 7.68. The van der Waals surface area contributed by atoms with E-state index in [1.54, 1.807) is 6.92 Å². The Kier molecular flexibility index (Phi) is 6.23. The van der Waals surface area contributed by atoms with Gasteiger partial charge < -0.3 is 24.1 Å². The number of carbonyl (C=O) groups is 1. The van der Waals surface area contributed by atoms with Crippen LogP contribution in [-0.2, 0) is 9.53 Å². The number of hydrogen-bond donors (Lipinski definition) is 1. The van der Waals surface area contributed by atoms with Crippen LogP contribution in [-0.4, -0.2) is 45.2 Å². The van der Waals surface area contributed by atoms with E-state index in [4.69, 9.17) is 14.2 Å². The van der Waals surface area contributed by atoms with Gasteiger partial charge in [0, 0.05) is 0 Å². The Morgan fingerprint density at radius 2 is 1.71 bits per heavy atom. The molecule has 0 bridgehead atoms. The van der Waals surface area contributed by atoms with Gasteiger partial charge in [-0.15, -0.1) is 0 Å². The van der Waals surface area contributed by atoms with Crippen LogP contribution in [0.5, 0.6) is 17.2 Å². The zero-order valence-electron chi connectivity index (χ0n) is 12.4. The number of aliphatic hydroxyl groups is 1. The maximum Gasteiger partial charge on any atom is 0.343 e. The van der Waals surface area contributed by atoms with Crippen LogP contribution in [0.25, 0.3) is 0 Å². The van der Waals surface area contributed by atoms with Crippen molar-refractivity contribution in [3.63, 3.8) is 0 Å². The number of benzene rings is 1. The van der Waals surface area contributed by atoms with Gasteiger partial charge in [0.1, 0.15) is 6.10 Å². The second-order valence-corrected chi connectivity index (χ2v) is 4.06. The number of alkyl halides is 1. The van der Waals surface area contributed by atoms with E-state index in [0.29, 0.717) is 5.75 Å². The molecule has 0 saturated heterocycles. The molecule has 2 atom stereocenters. The maximum atomic E-state index is 13.9. The standard InChI is InChI=1S/C14H19FO6/c1-5-21-14(17)11(15)12(16)8-6-9(18-2)13(20-4)10(7-8)19-3/h6-7,11-12,16H,5H2,1-4H3. The summed E-state index contributed by atoms with van der Waals surface area (Å²) in [5, 5.41) is 9.96. The first-order valence-electron chi connectivity index (χ1n) is 6.28. The molecule has 0 aromatic heterocycles. The summed E-state index contributed by atoms with van der Waals surface area (Å²) in [4.78, 5) is 11.3. The summed E-state index contributed by atoms with van der Waals surface area (Å²) in [5.41, 5.74) is 0.116. The van der Waals surface area contributed by atoms with E-state index in [2.05, 4.69) is 4.74 Å². The molecule has 0 aliphatic carbocycles. The van der Waals surface area contributed by atoms with E-state index in [0.717, 1.165) is 0 Å². The number of halogens is 1. The van der Waals surface area contributed by atoms with Gasteiger partial charge in [-0.1, -0.05) is 0 Å². The Bertz CT molecular complexity index is 465. The highest BCUT2D eigenvalue weighted by atomic mass is 19.1. The third-order valence-corrected chi connectivity index (χ3v) is 2.82. The fourth-order valence-corrected chi connectivity index (χ4v) is 1.79. The number of hydrogen-bond acceptors (Lipinski definition) is 6. The Balaban J connectivity index is 3.15. The maximum absolute atomic E-state index is 13.9. The predicted octanol–water partition coefficient (Wildman–Crippen LogP) is 1.65. The Labute approximate surface area is 122 Å². The lowest BCUT2D eigenvalue weighted by atomic mass is 10.0. The highest BCUT2D eigenvalue weighted by molar-refractivity contribution is 5.75. The third kappa shape index (κ3) is 3.75. The van der Waals surface area contributed by atoms with Crippen molar-refractivity contribution in [3.8, 4) is 17.2 Å². The minimum atomic E-state index is -2.20. The fraction of sp³-hybridized carbons (Fsp3) is 0.500. The molecule has 1 aromatic rings. The van der Waals surface area contributed by atoms with Gasteiger partial charge in [0.2, 0.25) is 11.9 Å². The molecule has 0 radical (unpaired) electrons. The van der Waals surface area contributed by atoms with Crippen molar-refractivity contribution < 1.29 is 33.2 Å². The van der Waals surface area contributed by atoms with E-state index >= 15 is 0 Å². The van der Waals surface area contributed by atoms with Crippen LogP contribution in [0.3, 0.4) is 0 Å². The van der Waals surface area contributed by atoms with Gasteiger partial charge >= 0.3 is 5.97 Å². The first-order valence-corrected chi connectivity index (χ1v) is 6.28. The third-order valence-electron chi connectivity index (χ3n) is 2.82. The summed E-state index contributed by atoms with van der Waals surface area (Å²) < 4.78 is 33.7. The summed E-state index contributed by atoms with van der Waals surface area (Å²) >= 11 is 0. The van der Waals surface area contributed by atoms with Crippen LogP contribution < -0.4 is 14.2 Å². The number of esters is 1. The summed E-state index contributed by atoms with van der Waals surface area (Å²) in [5.74, 6) is -0.315. The molecule has 0 saturated carbocycles. The molecule has 1 aromatic carbocycles. The van der Waals surface area contributed by atoms with Gasteiger partial charge in [0.05, 0.1) is 27.9 Å². The fourth-order valence-electron chi connectivity index (χ4n) is 1.79. The summed E-state index contributed by atoms with van der Waals surface area (Å²) in [6.07, 6.45) is -3.90. The Hall–Kier alpha value is -2.02. The highest BCUT2D eigenvalue weighted by Crippen LogP contribution is 2.40. The van der Waals surface area contributed by atoms with Crippen molar-refractivity contribution >= 4 is 5.97 Å². The molecule has 0 heterocycles. The molecular weight excluding hydrogens is 283 g/mol. The first-order chi connectivity index (χ1) is 9.99. The number of aliphatic hydroxyl groups excluding tert-OH is 1. The lowest BCUT2D eigenvalue weighted by Crippen LogP contribution is -2.26. The summed E-state index contributed by atoms with van der Waals surface area (Å²) in [6, 6.07) is 2.75. The van der Waals surface area contributed by atoms with Crippen LogP contribution >= 0.6 is 0 Å². The van der Waals surface area contributed by atoms with Gasteiger partial charge in [0.25, 0.3) is 0 Å². The average Bonchev–Trinajstić information content (AvgIpc) is 2.51. The van der Waals surface area contributed by atoms with E-state index < -0.39 is 18.2 Å². The van der Waals surface area contributed by atoms with E-state index in [1.807, 2.05) is 0 Å². The molecule has 118 valence electrons. The van der Waals surface area contributed by atoms with Crippen molar-refractivity contribution in [2.75, 3.05) is 27.9 Å². The van der Waals surface area contributed by atoms with Crippen molar-refractivity contribution in [1.82, 2.24) is 0 Å². The smallest absolute Gasteiger partial charge is 0.343 e. The molecule has 0 spiro atoms. The number of ether oxygens (including phenoxy) is 4. The second-order valence-electron chi connectivity index (χ2n) is 4.06. The van der Waals surface area contributed by atoms with E-state index in [9.17, 15) is 14.3 Å². The topological polar surface area (TPSA) is 74.2 Å². The lowest BCUT2D eigenvalue weighted by molar-refractivity contribution is -0.153. The minimum Gasteiger partial charge on any atom is -0.493 e. The van der Waals surface area contributed by atoms with Crippen molar-refractivity contribution in [2.24, 2.45) is 0 Å². The lowest BCUT2D eigenvalue weighted by Gasteiger charge is -2.18. The number of methoxy groups -OCH3 is 3. The van der Waals surface area contributed by atoms with Crippen LogP contribution in [0.15, 0.2) is 12.1 Å². The quantitative estimate of drug-likeness (QED) is 0.772. The predicted molar refractivity (Wildman–Crippen MR) is 72.6 cm³/mol. The molecule has 0 amide bonds. The van der Waals surface area contributed by atoms with Gasteiger partial charge in [-0.3, -0.25) is 0 Å². The molecular formula is C14H19FO6. The highest BCUT2D eigenvalue weighted by Gasteiger charge is 2.30. The van der Waals surface area contributed by atoms with Gasteiger partial charge in [0.15, 0.2) is 11.5 Å². The Morgan fingerprint density at radius 3 is 2.10 bits per heavy atom. The molecule has 2 unspecified atom stereocenters. The van der Waals surface area contributed by atoms with Crippen molar-refractivity contribution in [1.29, 1.82) is 0 Å². The van der Waals surface area contributed by atoms with Crippen LogP contribution in [0.4, 0.5) is 4.39 Å².